The maximum atomic E-state index is 13.4. The van der Waals surface area contributed by atoms with Crippen molar-refractivity contribution in [2.45, 2.75) is 6.92 Å². The Morgan fingerprint density at radius 1 is 1.00 bits per heavy atom. The van der Waals surface area contributed by atoms with Crippen molar-refractivity contribution in [2.24, 2.45) is 0 Å². The Hall–Kier alpha value is -3.03. The van der Waals surface area contributed by atoms with Gasteiger partial charge >= 0.3 is 5.97 Å². The highest BCUT2D eigenvalue weighted by Gasteiger charge is 2.16. The minimum atomic E-state index is -1.70. The van der Waals surface area contributed by atoms with Crippen LogP contribution >= 0.6 is 0 Å². The van der Waals surface area contributed by atoms with E-state index in [1.807, 2.05) is 12.2 Å². The summed E-state index contributed by atoms with van der Waals surface area (Å²) in [5.74, 6) is -5.72. The van der Waals surface area contributed by atoms with E-state index in [0.717, 1.165) is 6.07 Å². The number of hydrogen-bond donors (Lipinski definition) is 1. The summed E-state index contributed by atoms with van der Waals surface area (Å²) in [5.41, 5.74) is -0.365. The lowest BCUT2D eigenvalue weighted by Crippen LogP contribution is -2.21. The van der Waals surface area contributed by atoms with Crippen molar-refractivity contribution in [2.75, 3.05) is 18.5 Å². The molecule has 25 heavy (non-hydrogen) atoms. The first-order chi connectivity index (χ1) is 11.9. The maximum absolute atomic E-state index is 13.4. The van der Waals surface area contributed by atoms with Crippen molar-refractivity contribution < 1.29 is 32.2 Å². The van der Waals surface area contributed by atoms with Gasteiger partial charge in [0.15, 0.2) is 24.1 Å². The second kappa shape index (κ2) is 8.18. The molecule has 1 N–H and O–H groups in total. The van der Waals surface area contributed by atoms with Crippen molar-refractivity contribution in [3.8, 4) is 5.75 Å². The summed E-state index contributed by atoms with van der Waals surface area (Å²) >= 11 is 0. The van der Waals surface area contributed by atoms with Gasteiger partial charge in [0.2, 0.25) is 0 Å². The number of halogens is 3. The van der Waals surface area contributed by atoms with Gasteiger partial charge in [0.1, 0.15) is 5.75 Å². The van der Waals surface area contributed by atoms with E-state index >= 15 is 0 Å². The average molecular weight is 353 g/mol. The highest BCUT2D eigenvalue weighted by molar-refractivity contribution is 5.95. The monoisotopic (exact) mass is 353 g/mol. The summed E-state index contributed by atoms with van der Waals surface area (Å²) in [6.07, 6.45) is 0. The second-order valence-electron chi connectivity index (χ2n) is 4.80. The third kappa shape index (κ3) is 4.72. The molecular formula is C17H14F3NO4. The molecule has 0 radical (unpaired) electrons. The number of anilines is 1. The van der Waals surface area contributed by atoms with Crippen LogP contribution in [0.25, 0.3) is 0 Å². The van der Waals surface area contributed by atoms with E-state index in [9.17, 15) is 22.8 Å². The Bertz CT molecular complexity index is 778. The Balaban J connectivity index is 1.91. The highest BCUT2D eigenvalue weighted by Crippen LogP contribution is 2.19. The molecule has 0 aliphatic carbocycles. The average Bonchev–Trinajstić information content (AvgIpc) is 2.61. The topological polar surface area (TPSA) is 64.6 Å². The number of carbonyl (C=O) groups is 2. The number of rotatable bonds is 6. The summed E-state index contributed by atoms with van der Waals surface area (Å²) in [6.45, 7) is 1.57. The third-order valence-electron chi connectivity index (χ3n) is 3.04. The molecular weight excluding hydrogens is 339 g/mol. The van der Waals surface area contributed by atoms with Crippen molar-refractivity contribution in [3.05, 3.63) is 59.4 Å². The zero-order valence-electron chi connectivity index (χ0n) is 13.1. The van der Waals surface area contributed by atoms with Crippen molar-refractivity contribution >= 4 is 17.6 Å². The number of benzene rings is 2. The third-order valence-corrected chi connectivity index (χ3v) is 3.04. The van der Waals surface area contributed by atoms with Crippen molar-refractivity contribution in [3.63, 3.8) is 0 Å². The molecule has 0 aliphatic heterocycles. The van der Waals surface area contributed by atoms with Gasteiger partial charge < -0.3 is 14.8 Å². The molecule has 0 fully saturated rings. The van der Waals surface area contributed by atoms with Gasteiger partial charge in [-0.15, -0.1) is 0 Å². The number of esters is 1. The minimum Gasteiger partial charge on any atom is -0.494 e. The molecule has 2 rings (SSSR count). The first-order valence-electron chi connectivity index (χ1n) is 7.25. The molecule has 5 nitrogen and oxygen atoms in total. The van der Waals surface area contributed by atoms with Gasteiger partial charge in [-0.25, -0.2) is 18.0 Å². The van der Waals surface area contributed by atoms with Crippen LogP contribution in [0, 0.1) is 17.5 Å². The first-order valence-corrected chi connectivity index (χ1v) is 7.25. The molecule has 0 spiro atoms. The van der Waals surface area contributed by atoms with Crippen LogP contribution in [0.15, 0.2) is 36.4 Å². The van der Waals surface area contributed by atoms with Crippen LogP contribution < -0.4 is 10.1 Å². The van der Waals surface area contributed by atoms with Gasteiger partial charge in [0.05, 0.1) is 17.9 Å². The van der Waals surface area contributed by atoms with Crippen LogP contribution in [0.1, 0.15) is 17.3 Å². The van der Waals surface area contributed by atoms with E-state index in [2.05, 4.69) is 0 Å². The second-order valence-corrected chi connectivity index (χ2v) is 4.80. The molecule has 0 unspecified atom stereocenters. The highest BCUT2D eigenvalue weighted by atomic mass is 19.2. The summed E-state index contributed by atoms with van der Waals surface area (Å²) in [5, 5.41) is 1.99. The normalized spacial score (nSPS) is 10.2. The van der Waals surface area contributed by atoms with E-state index in [1.165, 1.54) is 12.1 Å². The summed E-state index contributed by atoms with van der Waals surface area (Å²) < 4.78 is 49.3. The Labute approximate surface area is 141 Å². The fourth-order valence-electron chi connectivity index (χ4n) is 1.88. The predicted octanol–water partition coefficient (Wildman–Crippen LogP) is 3.30. The van der Waals surface area contributed by atoms with Gasteiger partial charge in [-0.2, -0.15) is 0 Å². The number of carbonyl (C=O) groups excluding carboxylic acids is 2. The van der Waals surface area contributed by atoms with Gasteiger partial charge in [0, 0.05) is 0 Å². The molecule has 0 aliphatic rings. The van der Waals surface area contributed by atoms with E-state index < -0.39 is 41.6 Å². The first kappa shape index (κ1) is 18.3. The molecule has 0 atom stereocenters. The van der Waals surface area contributed by atoms with Gasteiger partial charge in [-0.3, -0.25) is 4.79 Å². The molecule has 0 heterocycles. The molecule has 8 heteroatoms. The van der Waals surface area contributed by atoms with Crippen LogP contribution in [-0.2, 0) is 9.53 Å². The summed E-state index contributed by atoms with van der Waals surface area (Å²) in [4.78, 5) is 23.5. The Morgan fingerprint density at radius 2 is 1.68 bits per heavy atom. The summed E-state index contributed by atoms with van der Waals surface area (Å²) in [6, 6.07) is 7.58. The van der Waals surface area contributed by atoms with Crippen molar-refractivity contribution in [1.82, 2.24) is 0 Å². The molecule has 1 amide bonds. The van der Waals surface area contributed by atoms with E-state index in [-0.39, 0.29) is 5.56 Å². The largest absolute Gasteiger partial charge is 0.494 e. The van der Waals surface area contributed by atoms with Crippen LogP contribution in [0.5, 0.6) is 5.75 Å². The number of nitrogens with one attached hydrogen (secondary N) is 1. The van der Waals surface area contributed by atoms with E-state index in [4.69, 9.17) is 9.47 Å². The fourth-order valence-corrected chi connectivity index (χ4v) is 1.88. The maximum Gasteiger partial charge on any atom is 0.338 e. The van der Waals surface area contributed by atoms with Crippen LogP contribution in [0.3, 0.4) is 0 Å². The molecule has 0 aromatic heterocycles. The molecule has 2 aromatic rings. The molecule has 132 valence electrons. The lowest BCUT2D eigenvalue weighted by molar-refractivity contribution is -0.119. The number of amides is 1. The number of ether oxygens (including phenoxy) is 2. The standard InChI is InChI=1S/C17H14F3NO4/c1-2-24-11-5-3-10(4-6-11)17(23)25-9-14(22)21-13-8-7-12(18)15(19)16(13)20/h3-8H,2,9H2,1H3,(H,21,22). The van der Waals surface area contributed by atoms with Crippen LogP contribution in [0.4, 0.5) is 18.9 Å². The lowest BCUT2D eigenvalue weighted by Gasteiger charge is -2.08. The fraction of sp³-hybridized carbons (Fsp3) is 0.176. The van der Waals surface area contributed by atoms with E-state index in [1.54, 1.807) is 12.1 Å². The van der Waals surface area contributed by atoms with Crippen molar-refractivity contribution in [1.29, 1.82) is 0 Å². The molecule has 0 saturated carbocycles. The van der Waals surface area contributed by atoms with Gasteiger partial charge in [-0.05, 0) is 43.3 Å². The Morgan fingerprint density at radius 3 is 2.32 bits per heavy atom. The van der Waals surface area contributed by atoms with E-state index in [0.29, 0.717) is 18.4 Å². The van der Waals surface area contributed by atoms with Crippen LogP contribution in [0.2, 0.25) is 0 Å². The quantitative estimate of drug-likeness (QED) is 0.639. The molecule has 2 aromatic carbocycles. The molecule has 0 bridgehead atoms. The SMILES string of the molecule is CCOc1ccc(C(=O)OCC(=O)Nc2ccc(F)c(F)c2F)cc1. The van der Waals surface area contributed by atoms with Gasteiger partial charge in [-0.1, -0.05) is 0 Å². The smallest absolute Gasteiger partial charge is 0.338 e. The lowest BCUT2D eigenvalue weighted by atomic mass is 10.2. The number of hydrogen-bond acceptors (Lipinski definition) is 4. The zero-order chi connectivity index (χ0) is 18.4. The van der Waals surface area contributed by atoms with Gasteiger partial charge in [0.25, 0.3) is 5.91 Å². The zero-order valence-corrected chi connectivity index (χ0v) is 13.1. The summed E-state index contributed by atoms with van der Waals surface area (Å²) in [7, 11) is 0. The Kier molecular flexibility index (Phi) is 5.99. The minimum absolute atomic E-state index is 0.190. The molecule has 0 saturated heterocycles. The van der Waals surface area contributed by atoms with Crippen LogP contribution in [-0.4, -0.2) is 25.1 Å². The predicted molar refractivity (Wildman–Crippen MR) is 82.8 cm³/mol.